The summed E-state index contributed by atoms with van der Waals surface area (Å²) in [6.45, 7) is 3.70. The SMILES string of the molecule is CCCOCCCNC(=O)Nc1cccc(SC(F)(F)F)c1. The molecule has 0 radical (unpaired) electrons. The highest BCUT2D eigenvalue weighted by molar-refractivity contribution is 8.00. The molecule has 1 aromatic carbocycles. The molecule has 0 atom stereocenters. The number of rotatable bonds is 8. The first-order chi connectivity index (χ1) is 10.4. The van der Waals surface area contributed by atoms with Gasteiger partial charge in [0.1, 0.15) is 0 Å². The number of urea groups is 1. The van der Waals surface area contributed by atoms with Crippen LogP contribution in [0.2, 0.25) is 0 Å². The zero-order valence-electron chi connectivity index (χ0n) is 12.2. The summed E-state index contributed by atoms with van der Waals surface area (Å²) in [4.78, 5) is 11.6. The molecular weight excluding hydrogens is 317 g/mol. The van der Waals surface area contributed by atoms with Crippen LogP contribution >= 0.6 is 11.8 Å². The lowest BCUT2D eigenvalue weighted by Gasteiger charge is -2.10. The van der Waals surface area contributed by atoms with Crippen LogP contribution in [0, 0.1) is 0 Å². The van der Waals surface area contributed by atoms with Gasteiger partial charge in [0.15, 0.2) is 0 Å². The molecule has 0 aliphatic carbocycles. The second-order valence-corrected chi connectivity index (χ2v) is 5.56. The third kappa shape index (κ3) is 8.78. The van der Waals surface area contributed by atoms with Crippen molar-refractivity contribution in [1.29, 1.82) is 0 Å². The lowest BCUT2D eigenvalue weighted by Crippen LogP contribution is -2.30. The zero-order chi connectivity index (χ0) is 16.4. The summed E-state index contributed by atoms with van der Waals surface area (Å²) >= 11 is -0.217. The Bertz CT molecular complexity index is 470. The maximum Gasteiger partial charge on any atom is 0.446 e. The number of ether oxygens (including phenoxy) is 1. The maximum absolute atomic E-state index is 12.3. The molecule has 0 heterocycles. The molecule has 22 heavy (non-hydrogen) atoms. The van der Waals surface area contributed by atoms with Crippen LogP contribution in [0.5, 0.6) is 0 Å². The fourth-order valence-electron chi connectivity index (χ4n) is 1.57. The smallest absolute Gasteiger partial charge is 0.381 e. The Labute approximate surface area is 131 Å². The zero-order valence-corrected chi connectivity index (χ0v) is 13.0. The number of carbonyl (C=O) groups is 1. The van der Waals surface area contributed by atoms with Gasteiger partial charge in [-0.2, -0.15) is 13.2 Å². The van der Waals surface area contributed by atoms with E-state index in [1.54, 1.807) is 0 Å². The first kappa shape index (κ1) is 18.6. The average molecular weight is 336 g/mol. The lowest BCUT2D eigenvalue weighted by atomic mass is 10.3. The van der Waals surface area contributed by atoms with E-state index in [0.29, 0.717) is 31.9 Å². The van der Waals surface area contributed by atoms with E-state index in [-0.39, 0.29) is 16.7 Å². The van der Waals surface area contributed by atoms with Gasteiger partial charge in [0, 0.05) is 30.3 Å². The van der Waals surface area contributed by atoms with Gasteiger partial charge in [0.25, 0.3) is 0 Å². The van der Waals surface area contributed by atoms with Crippen LogP contribution in [0.25, 0.3) is 0 Å². The van der Waals surface area contributed by atoms with E-state index in [9.17, 15) is 18.0 Å². The molecular formula is C14H19F3N2O2S. The summed E-state index contributed by atoms with van der Waals surface area (Å²) < 4.78 is 42.1. The summed E-state index contributed by atoms with van der Waals surface area (Å²) in [6.07, 6.45) is 1.62. The molecule has 2 N–H and O–H groups in total. The van der Waals surface area contributed by atoms with Gasteiger partial charge in [-0.25, -0.2) is 4.79 Å². The van der Waals surface area contributed by atoms with E-state index >= 15 is 0 Å². The minimum Gasteiger partial charge on any atom is -0.381 e. The Morgan fingerprint density at radius 2 is 2.09 bits per heavy atom. The van der Waals surface area contributed by atoms with Gasteiger partial charge in [0.05, 0.1) is 0 Å². The Kier molecular flexibility index (Phi) is 8.11. The summed E-state index contributed by atoms with van der Waals surface area (Å²) in [7, 11) is 0. The highest BCUT2D eigenvalue weighted by Crippen LogP contribution is 2.37. The monoisotopic (exact) mass is 336 g/mol. The predicted molar refractivity (Wildman–Crippen MR) is 81.1 cm³/mol. The number of nitrogens with one attached hydrogen (secondary N) is 2. The number of carbonyl (C=O) groups excluding carboxylic acids is 1. The number of benzene rings is 1. The molecule has 0 unspecified atom stereocenters. The predicted octanol–water partition coefficient (Wildman–Crippen LogP) is 4.24. The van der Waals surface area contributed by atoms with Gasteiger partial charge >= 0.3 is 11.5 Å². The van der Waals surface area contributed by atoms with Crippen molar-refractivity contribution in [1.82, 2.24) is 5.32 Å². The fraction of sp³-hybridized carbons (Fsp3) is 0.500. The van der Waals surface area contributed by atoms with Gasteiger partial charge in [-0.3, -0.25) is 0 Å². The quantitative estimate of drug-likeness (QED) is 0.551. The highest BCUT2D eigenvalue weighted by atomic mass is 32.2. The Morgan fingerprint density at radius 3 is 2.77 bits per heavy atom. The molecule has 0 bridgehead atoms. The summed E-state index contributed by atoms with van der Waals surface area (Å²) in [5.74, 6) is 0. The molecule has 4 nitrogen and oxygen atoms in total. The molecule has 0 aliphatic heterocycles. The molecule has 0 saturated carbocycles. The van der Waals surface area contributed by atoms with Gasteiger partial charge in [0.2, 0.25) is 0 Å². The third-order valence-electron chi connectivity index (χ3n) is 2.42. The number of alkyl halides is 3. The number of thioether (sulfide) groups is 1. The van der Waals surface area contributed by atoms with Gasteiger partial charge < -0.3 is 15.4 Å². The molecule has 8 heteroatoms. The Hall–Kier alpha value is -1.41. The van der Waals surface area contributed by atoms with Crippen molar-refractivity contribution in [2.45, 2.75) is 30.2 Å². The second kappa shape index (κ2) is 9.58. The maximum atomic E-state index is 12.3. The fourth-order valence-corrected chi connectivity index (χ4v) is 2.17. The first-order valence-corrected chi connectivity index (χ1v) is 7.71. The number of anilines is 1. The van der Waals surface area contributed by atoms with E-state index in [1.807, 2.05) is 6.92 Å². The standard InChI is InChI=1S/C14H19F3N2O2S/c1-2-8-21-9-4-7-18-13(20)19-11-5-3-6-12(10-11)22-14(15,16)17/h3,5-6,10H,2,4,7-9H2,1H3,(H2,18,19,20). The number of amides is 2. The lowest BCUT2D eigenvalue weighted by molar-refractivity contribution is -0.0328. The molecule has 0 aromatic heterocycles. The van der Waals surface area contributed by atoms with Crippen molar-refractivity contribution < 1.29 is 22.7 Å². The van der Waals surface area contributed by atoms with Crippen molar-refractivity contribution in [3.63, 3.8) is 0 Å². The molecule has 0 spiro atoms. The van der Waals surface area contributed by atoms with Crippen LogP contribution in [-0.4, -0.2) is 31.3 Å². The molecule has 2 amide bonds. The number of hydrogen-bond donors (Lipinski definition) is 2. The van der Waals surface area contributed by atoms with Crippen molar-refractivity contribution in [3.8, 4) is 0 Å². The van der Waals surface area contributed by atoms with Crippen LogP contribution in [0.1, 0.15) is 19.8 Å². The van der Waals surface area contributed by atoms with E-state index in [2.05, 4.69) is 10.6 Å². The van der Waals surface area contributed by atoms with Crippen LogP contribution in [-0.2, 0) is 4.74 Å². The number of hydrogen-bond acceptors (Lipinski definition) is 3. The summed E-state index contributed by atoms with van der Waals surface area (Å²) in [5.41, 5.74) is -4.03. The molecule has 0 saturated heterocycles. The van der Waals surface area contributed by atoms with E-state index in [4.69, 9.17) is 4.74 Å². The minimum absolute atomic E-state index is 0.0262. The number of halogens is 3. The second-order valence-electron chi connectivity index (χ2n) is 4.42. The summed E-state index contributed by atoms with van der Waals surface area (Å²) in [5, 5.41) is 5.12. The van der Waals surface area contributed by atoms with Crippen molar-refractivity contribution >= 4 is 23.5 Å². The molecule has 124 valence electrons. The highest BCUT2D eigenvalue weighted by Gasteiger charge is 2.29. The van der Waals surface area contributed by atoms with E-state index < -0.39 is 11.5 Å². The topological polar surface area (TPSA) is 50.4 Å². The minimum atomic E-state index is -4.35. The van der Waals surface area contributed by atoms with Crippen LogP contribution in [0.3, 0.4) is 0 Å². The average Bonchev–Trinajstić information content (AvgIpc) is 2.41. The van der Waals surface area contributed by atoms with Crippen molar-refractivity contribution in [2.75, 3.05) is 25.1 Å². The van der Waals surface area contributed by atoms with Crippen molar-refractivity contribution in [3.05, 3.63) is 24.3 Å². The van der Waals surface area contributed by atoms with E-state index in [0.717, 1.165) is 6.42 Å². The van der Waals surface area contributed by atoms with Gasteiger partial charge in [-0.15, -0.1) is 0 Å². The first-order valence-electron chi connectivity index (χ1n) is 6.89. The summed E-state index contributed by atoms with van der Waals surface area (Å²) in [6, 6.07) is 5.16. The van der Waals surface area contributed by atoms with Crippen LogP contribution < -0.4 is 10.6 Å². The van der Waals surface area contributed by atoms with Crippen molar-refractivity contribution in [2.24, 2.45) is 0 Å². The normalized spacial score (nSPS) is 11.3. The largest absolute Gasteiger partial charge is 0.446 e. The van der Waals surface area contributed by atoms with E-state index in [1.165, 1.54) is 24.3 Å². The Morgan fingerprint density at radius 1 is 1.32 bits per heavy atom. The molecule has 0 aliphatic rings. The van der Waals surface area contributed by atoms with Crippen LogP contribution in [0.15, 0.2) is 29.2 Å². The van der Waals surface area contributed by atoms with Gasteiger partial charge in [-0.05, 0) is 42.8 Å². The third-order valence-corrected chi connectivity index (χ3v) is 3.15. The molecule has 1 aromatic rings. The molecule has 0 fully saturated rings. The molecule has 1 rings (SSSR count). The van der Waals surface area contributed by atoms with Gasteiger partial charge in [-0.1, -0.05) is 13.0 Å². The van der Waals surface area contributed by atoms with Crippen LogP contribution in [0.4, 0.5) is 23.7 Å². The Balaban J connectivity index is 2.33.